The van der Waals surface area contributed by atoms with Crippen LogP contribution in [-0.2, 0) is 4.74 Å². The molecule has 104 valence electrons. The smallest absolute Gasteiger partial charge is 0.410 e. The molecule has 2 atom stereocenters. The van der Waals surface area contributed by atoms with Gasteiger partial charge in [-0.2, -0.15) is 0 Å². The van der Waals surface area contributed by atoms with Gasteiger partial charge in [0.1, 0.15) is 5.60 Å². The van der Waals surface area contributed by atoms with Gasteiger partial charge in [-0.1, -0.05) is 0 Å². The van der Waals surface area contributed by atoms with Gasteiger partial charge >= 0.3 is 11.5 Å². The molecule has 0 spiro atoms. The first-order valence-electron chi connectivity index (χ1n) is 6.07. The molecule has 0 radical (unpaired) electrons. The van der Waals surface area contributed by atoms with Crippen molar-refractivity contribution in [1.29, 1.82) is 0 Å². The molecule has 1 heterocycles. The molecule has 0 N–H and O–H groups in total. The van der Waals surface area contributed by atoms with Gasteiger partial charge in [0, 0.05) is 13.1 Å². The Morgan fingerprint density at radius 3 is 1.94 bits per heavy atom. The molecule has 1 rings (SSSR count). The van der Waals surface area contributed by atoms with E-state index in [4.69, 9.17) is 16.3 Å². The first-order chi connectivity index (χ1) is 8.11. The normalized spacial score (nSPS) is 25.0. The molecule has 0 aromatic carbocycles. The summed E-state index contributed by atoms with van der Waals surface area (Å²) in [5.74, 6) is 0. The fourth-order valence-electron chi connectivity index (χ4n) is 2.14. The van der Waals surface area contributed by atoms with Gasteiger partial charge in [0.25, 0.3) is 0 Å². The predicted octanol–water partition coefficient (Wildman–Crippen LogP) is 2.67. The van der Waals surface area contributed by atoms with Crippen molar-refractivity contribution in [1.82, 2.24) is 9.80 Å². The number of carbonyl (C=O) groups excluding carboxylic acids is 2. The fraction of sp³-hybridized carbons (Fsp3) is 0.833. The van der Waals surface area contributed by atoms with Gasteiger partial charge in [0.15, 0.2) is 0 Å². The van der Waals surface area contributed by atoms with Crippen molar-refractivity contribution in [3.8, 4) is 0 Å². The SMILES string of the molecule is CC1CN(C(=O)Cl)CC(C)N1C(=O)OC(C)(C)C. The lowest BCUT2D eigenvalue weighted by Crippen LogP contribution is -2.59. The van der Waals surface area contributed by atoms with Gasteiger partial charge < -0.3 is 9.64 Å². The van der Waals surface area contributed by atoms with Crippen LogP contribution >= 0.6 is 11.6 Å². The van der Waals surface area contributed by atoms with Crippen LogP contribution in [0.15, 0.2) is 0 Å². The third-order valence-electron chi connectivity index (χ3n) is 2.77. The van der Waals surface area contributed by atoms with Crippen LogP contribution in [-0.4, -0.2) is 52.0 Å². The zero-order valence-corrected chi connectivity index (χ0v) is 12.3. The molecule has 6 heteroatoms. The van der Waals surface area contributed by atoms with E-state index in [1.54, 1.807) is 4.90 Å². The third kappa shape index (κ3) is 3.77. The maximum Gasteiger partial charge on any atom is 0.410 e. The highest BCUT2D eigenvalue weighted by Crippen LogP contribution is 2.20. The Bertz CT molecular complexity index is 329. The summed E-state index contributed by atoms with van der Waals surface area (Å²) in [7, 11) is 0. The quantitative estimate of drug-likeness (QED) is 0.505. The molecule has 1 fully saturated rings. The van der Waals surface area contributed by atoms with Crippen LogP contribution in [0.2, 0.25) is 0 Å². The largest absolute Gasteiger partial charge is 0.444 e. The predicted molar refractivity (Wildman–Crippen MR) is 69.8 cm³/mol. The number of halogens is 1. The summed E-state index contributed by atoms with van der Waals surface area (Å²) in [4.78, 5) is 26.4. The lowest BCUT2D eigenvalue weighted by atomic mass is 10.1. The molecular weight excluding hydrogens is 256 g/mol. The number of hydrogen-bond acceptors (Lipinski definition) is 3. The Morgan fingerprint density at radius 1 is 1.17 bits per heavy atom. The maximum atomic E-state index is 12.1. The Hall–Kier alpha value is -0.970. The van der Waals surface area contributed by atoms with Crippen LogP contribution in [0, 0.1) is 0 Å². The van der Waals surface area contributed by atoms with Gasteiger partial charge in [-0.05, 0) is 46.2 Å². The second kappa shape index (κ2) is 5.34. The number of carbonyl (C=O) groups is 2. The minimum absolute atomic E-state index is 0.105. The molecule has 1 aliphatic heterocycles. The average molecular weight is 277 g/mol. The maximum absolute atomic E-state index is 12.1. The average Bonchev–Trinajstić information content (AvgIpc) is 2.12. The zero-order chi connectivity index (χ0) is 14.1. The number of hydrogen-bond donors (Lipinski definition) is 0. The van der Waals surface area contributed by atoms with Gasteiger partial charge in [0.05, 0.1) is 12.1 Å². The molecule has 0 aliphatic carbocycles. The Labute approximate surface area is 113 Å². The lowest BCUT2D eigenvalue weighted by molar-refractivity contribution is -0.00809. The molecular formula is C12H21ClN2O3. The van der Waals surface area contributed by atoms with E-state index in [2.05, 4.69) is 0 Å². The minimum Gasteiger partial charge on any atom is -0.444 e. The van der Waals surface area contributed by atoms with Crippen LogP contribution in [0.5, 0.6) is 0 Å². The van der Waals surface area contributed by atoms with Crippen LogP contribution in [0.25, 0.3) is 0 Å². The molecule has 18 heavy (non-hydrogen) atoms. The van der Waals surface area contributed by atoms with Crippen LogP contribution < -0.4 is 0 Å². The molecule has 2 amide bonds. The standard InChI is InChI=1S/C12H21ClN2O3/c1-8-6-14(10(13)16)7-9(2)15(8)11(17)18-12(3,4)5/h8-9H,6-7H2,1-5H3. The third-order valence-corrected chi connectivity index (χ3v) is 3.01. The van der Waals surface area contributed by atoms with Gasteiger partial charge in [-0.3, -0.25) is 9.69 Å². The monoisotopic (exact) mass is 276 g/mol. The molecule has 0 saturated carbocycles. The van der Waals surface area contributed by atoms with E-state index in [1.807, 2.05) is 34.6 Å². The molecule has 2 unspecified atom stereocenters. The Kier molecular flexibility index (Phi) is 4.48. The Balaban J connectivity index is 2.73. The molecule has 1 aliphatic rings. The van der Waals surface area contributed by atoms with Crippen molar-refractivity contribution < 1.29 is 14.3 Å². The van der Waals surface area contributed by atoms with Crippen molar-refractivity contribution in [2.24, 2.45) is 0 Å². The highest BCUT2D eigenvalue weighted by molar-refractivity contribution is 6.62. The molecule has 0 aromatic rings. The first kappa shape index (κ1) is 15.1. The first-order valence-corrected chi connectivity index (χ1v) is 6.45. The molecule has 0 aromatic heterocycles. The van der Waals surface area contributed by atoms with Crippen molar-refractivity contribution in [3.05, 3.63) is 0 Å². The van der Waals surface area contributed by atoms with E-state index in [1.165, 1.54) is 4.90 Å². The van der Waals surface area contributed by atoms with Gasteiger partial charge in [-0.15, -0.1) is 0 Å². The van der Waals surface area contributed by atoms with E-state index in [-0.39, 0.29) is 18.2 Å². The summed E-state index contributed by atoms with van der Waals surface area (Å²) in [5, 5.41) is -0.475. The van der Waals surface area contributed by atoms with E-state index in [9.17, 15) is 9.59 Å². The minimum atomic E-state index is -0.518. The summed E-state index contributed by atoms with van der Waals surface area (Å²) < 4.78 is 5.36. The van der Waals surface area contributed by atoms with Gasteiger partial charge in [0.2, 0.25) is 0 Å². The highest BCUT2D eigenvalue weighted by atomic mass is 35.5. The van der Waals surface area contributed by atoms with Crippen molar-refractivity contribution in [2.75, 3.05) is 13.1 Å². The van der Waals surface area contributed by atoms with Crippen LogP contribution in [0.4, 0.5) is 9.59 Å². The van der Waals surface area contributed by atoms with Crippen molar-refractivity contribution >= 4 is 23.1 Å². The van der Waals surface area contributed by atoms with E-state index >= 15 is 0 Å². The summed E-state index contributed by atoms with van der Waals surface area (Å²) >= 11 is 5.47. The topological polar surface area (TPSA) is 49.9 Å². The van der Waals surface area contributed by atoms with E-state index in [0.717, 1.165) is 0 Å². The van der Waals surface area contributed by atoms with E-state index < -0.39 is 11.0 Å². The second-order valence-electron chi connectivity index (χ2n) is 5.74. The Morgan fingerprint density at radius 2 is 1.61 bits per heavy atom. The number of amides is 2. The second-order valence-corrected chi connectivity index (χ2v) is 6.07. The van der Waals surface area contributed by atoms with E-state index in [0.29, 0.717) is 13.1 Å². The van der Waals surface area contributed by atoms with Crippen LogP contribution in [0.1, 0.15) is 34.6 Å². The van der Waals surface area contributed by atoms with Crippen LogP contribution in [0.3, 0.4) is 0 Å². The highest BCUT2D eigenvalue weighted by Gasteiger charge is 2.36. The lowest BCUT2D eigenvalue weighted by Gasteiger charge is -2.43. The number of ether oxygens (including phenoxy) is 1. The molecule has 0 bridgehead atoms. The zero-order valence-electron chi connectivity index (χ0n) is 11.6. The van der Waals surface area contributed by atoms with Crippen molar-refractivity contribution in [2.45, 2.75) is 52.3 Å². The summed E-state index contributed by atoms with van der Waals surface area (Å²) in [5.41, 5.74) is -0.518. The molecule has 5 nitrogen and oxygen atoms in total. The fourth-order valence-corrected chi connectivity index (χ4v) is 2.28. The number of rotatable bonds is 0. The van der Waals surface area contributed by atoms with Crippen molar-refractivity contribution in [3.63, 3.8) is 0 Å². The number of nitrogens with zero attached hydrogens (tertiary/aromatic N) is 2. The molecule has 1 saturated heterocycles. The summed E-state index contributed by atoms with van der Waals surface area (Å²) in [6.07, 6.45) is -0.343. The van der Waals surface area contributed by atoms with Gasteiger partial charge in [-0.25, -0.2) is 4.79 Å². The summed E-state index contributed by atoms with van der Waals surface area (Å²) in [6, 6.07) is -0.211. The number of piperazine rings is 1. The summed E-state index contributed by atoms with van der Waals surface area (Å²) in [6.45, 7) is 10.1.